The number of nitrogens with zero attached hydrogens (tertiary/aromatic N) is 2. The number of carbonyl (C=O) groups is 1. The predicted octanol–water partition coefficient (Wildman–Crippen LogP) is 2.96. The van der Waals surface area contributed by atoms with Crippen LogP contribution in [-0.2, 0) is 0 Å². The van der Waals surface area contributed by atoms with Crippen LogP contribution in [0.3, 0.4) is 0 Å². The van der Waals surface area contributed by atoms with E-state index in [0.29, 0.717) is 22.8 Å². The van der Waals surface area contributed by atoms with Gasteiger partial charge in [-0.1, -0.05) is 23.1 Å². The third kappa shape index (κ3) is 4.11. The lowest BCUT2D eigenvalue weighted by Gasteiger charge is -2.08. The fourth-order valence-electron chi connectivity index (χ4n) is 1.71. The van der Waals surface area contributed by atoms with Crippen LogP contribution in [0.5, 0.6) is 11.5 Å². The van der Waals surface area contributed by atoms with Crippen LogP contribution in [-0.4, -0.2) is 42.5 Å². The molecule has 0 saturated heterocycles. The minimum absolute atomic E-state index is 0.00570. The van der Waals surface area contributed by atoms with E-state index in [1.165, 1.54) is 23.1 Å². The average molecular weight is 339 g/mol. The van der Waals surface area contributed by atoms with E-state index in [9.17, 15) is 4.79 Å². The maximum Gasteiger partial charge on any atom is 0.206 e. The Morgan fingerprint density at radius 1 is 1.27 bits per heavy atom. The first-order chi connectivity index (χ1) is 10.7. The van der Waals surface area contributed by atoms with Gasteiger partial charge >= 0.3 is 0 Å². The molecule has 0 amide bonds. The lowest BCUT2D eigenvalue weighted by atomic mass is 10.1. The third-order valence-electron chi connectivity index (χ3n) is 2.77. The summed E-state index contributed by atoms with van der Waals surface area (Å²) >= 11 is 2.82. The number of aromatic nitrogens is 2. The molecule has 0 bridgehead atoms. The van der Waals surface area contributed by atoms with Gasteiger partial charge in [-0.15, -0.1) is 10.2 Å². The van der Waals surface area contributed by atoms with E-state index in [2.05, 4.69) is 15.5 Å². The van der Waals surface area contributed by atoms with Crippen LogP contribution < -0.4 is 14.8 Å². The Balaban J connectivity index is 1.99. The molecule has 0 atom stereocenters. The summed E-state index contributed by atoms with van der Waals surface area (Å²) in [5.74, 6) is 1.46. The van der Waals surface area contributed by atoms with Crippen molar-refractivity contribution in [3.8, 4) is 11.5 Å². The van der Waals surface area contributed by atoms with Crippen LogP contribution in [0, 0.1) is 0 Å². The van der Waals surface area contributed by atoms with Crippen molar-refractivity contribution in [2.24, 2.45) is 0 Å². The zero-order chi connectivity index (χ0) is 15.9. The number of benzene rings is 1. The van der Waals surface area contributed by atoms with Gasteiger partial charge in [0.1, 0.15) is 0 Å². The van der Waals surface area contributed by atoms with E-state index >= 15 is 0 Å². The van der Waals surface area contributed by atoms with Gasteiger partial charge in [-0.3, -0.25) is 4.79 Å². The van der Waals surface area contributed by atoms with Gasteiger partial charge in [0.05, 0.1) is 20.0 Å². The first-order valence-electron chi connectivity index (χ1n) is 6.63. The zero-order valence-corrected chi connectivity index (χ0v) is 14.2. The van der Waals surface area contributed by atoms with E-state index in [0.717, 1.165) is 16.0 Å². The topological polar surface area (TPSA) is 73.3 Å². The largest absolute Gasteiger partial charge is 0.493 e. The third-order valence-corrected chi connectivity index (χ3v) is 4.78. The molecule has 0 fully saturated rings. The fourth-order valence-corrected chi connectivity index (χ4v) is 3.43. The highest BCUT2D eigenvalue weighted by Gasteiger charge is 2.13. The van der Waals surface area contributed by atoms with Crippen molar-refractivity contribution in [1.82, 2.24) is 10.2 Å². The molecule has 2 rings (SSSR count). The van der Waals surface area contributed by atoms with Crippen molar-refractivity contribution < 1.29 is 14.3 Å². The molecule has 1 aromatic heterocycles. The molecular weight excluding hydrogens is 322 g/mol. The predicted molar refractivity (Wildman–Crippen MR) is 88.7 cm³/mol. The maximum atomic E-state index is 12.2. The van der Waals surface area contributed by atoms with Gasteiger partial charge in [0.2, 0.25) is 5.13 Å². The van der Waals surface area contributed by atoms with Crippen LogP contribution in [0.1, 0.15) is 17.3 Å². The summed E-state index contributed by atoms with van der Waals surface area (Å²) in [6, 6.07) is 5.14. The van der Waals surface area contributed by atoms with E-state index in [4.69, 9.17) is 9.47 Å². The molecule has 0 aliphatic rings. The lowest BCUT2D eigenvalue weighted by Crippen LogP contribution is -2.03. The number of carbonyl (C=O) groups excluding carboxylic acids is 1. The van der Waals surface area contributed by atoms with Crippen LogP contribution in [0.4, 0.5) is 5.13 Å². The molecule has 6 nitrogen and oxygen atoms in total. The normalized spacial score (nSPS) is 10.3. The van der Waals surface area contributed by atoms with Gasteiger partial charge in [-0.05, 0) is 25.1 Å². The standard InChI is InChI=1S/C14H17N3O3S2/c1-4-15-13-16-17-14(22-13)21-8-10(18)9-5-6-11(19-2)12(7-9)20-3/h5-7H,4,8H2,1-3H3,(H,15,16). The second kappa shape index (κ2) is 8.00. The Kier molecular flexibility index (Phi) is 6.02. The van der Waals surface area contributed by atoms with Gasteiger partial charge in [0.25, 0.3) is 0 Å². The Morgan fingerprint density at radius 3 is 2.73 bits per heavy atom. The van der Waals surface area contributed by atoms with Gasteiger partial charge < -0.3 is 14.8 Å². The molecule has 0 saturated carbocycles. The molecule has 0 aliphatic heterocycles. The molecule has 0 unspecified atom stereocenters. The Bertz CT molecular complexity index is 646. The minimum Gasteiger partial charge on any atom is -0.493 e. The molecule has 1 aromatic carbocycles. The first kappa shape index (κ1) is 16.6. The maximum absolute atomic E-state index is 12.2. The first-order valence-corrected chi connectivity index (χ1v) is 8.43. The van der Waals surface area contributed by atoms with Crippen molar-refractivity contribution in [3.05, 3.63) is 23.8 Å². The van der Waals surface area contributed by atoms with E-state index < -0.39 is 0 Å². The number of hydrogen-bond donors (Lipinski definition) is 1. The highest BCUT2D eigenvalue weighted by molar-refractivity contribution is 8.01. The van der Waals surface area contributed by atoms with Gasteiger partial charge in [0, 0.05) is 12.1 Å². The number of ketones is 1. The van der Waals surface area contributed by atoms with Crippen molar-refractivity contribution in [2.75, 3.05) is 31.8 Å². The lowest BCUT2D eigenvalue weighted by molar-refractivity contribution is 0.102. The summed E-state index contributed by atoms with van der Waals surface area (Å²) < 4.78 is 11.1. The number of ether oxygens (including phenoxy) is 2. The summed E-state index contributed by atoms with van der Waals surface area (Å²) in [4.78, 5) is 12.2. The van der Waals surface area contributed by atoms with Crippen molar-refractivity contribution in [1.29, 1.82) is 0 Å². The summed E-state index contributed by atoms with van der Waals surface area (Å²) in [5, 5.41) is 11.9. The highest BCUT2D eigenvalue weighted by atomic mass is 32.2. The Labute approximate surface area is 137 Å². The molecule has 0 spiro atoms. The number of nitrogens with one attached hydrogen (secondary N) is 1. The molecule has 118 valence electrons. The average Bonchev–Trinajstić information content (AvgIpc) is 2.99. The fraction of sp³-hybridized carbons (Fsp3) is 0.357. The number of anilines is 1. The van der Waals surface area contributed by atoms with Crippen molar-refractivity contribution in [3.63, 3.8) is 0 Å². The van der Waals surface area contributed by atoms with Crippen molar-refractivity contribution >= 4 is 34.0 Å². The minimum atomic E-state index is 0.00570. The number of thioether (sulfide) groups is 1. The number of Topliss-reactive ketones (excluding diaryl/α,β-unsaturated/α-hetero) is 1. The van der Waals surface area contributed by atoms with Crippen LogP contribution in [0.15, 0.2) is 22.5 Å². The van der Waals surface area contributed by atoms with Crippen molar-refractivity contribution in [2.45, 2.75) is 11.3 Å². The SMILES string of the molecule is CCNc1nnc(SCC(=O)c2ccc(OC)c(OC)c2)s1. The van der Waals surface area contributed by atoms with Gasteiger partial charge in [-0.2, -0.15) is 0 Å². The van der Waals surface area contributed by atoms with Crippen LogP contribution in [0.25, 0.3) is 0 Å². The molecular formula is C14H17N3O3S2. The summed E-state index contributed by atoms with van der Waals surface area (Å²) in [6.07, 6.45) is 0. The molecule has 8 heteroatoms. The summed E-state index contributed by atoms with van der Waals surface area (Å²) in [5.41, 5.74) is 0.585. The summed E-state index contributed by atoms with van der Waals surface area (Å²) in [6.45, 7) is 2.79. The molecule has 1 N–H and O–H groups in total. The molecule has 0 aliphatic carbocycles. The zero-order valence-electron chi connectivity index (χ0n) is 12.6. The molecule has 22 heavy (non-hydrogen) atoms. The molecule has 0 radical (unpaired) electrons. The molecule has 1 heterocycles. The van der Waals surface area contributed by atoms with Gasteiger partial charge in [-0.25, -0.2) is 0 Å². The number of rotatable bonds is 8. The van der Waals surface area contributed by atoms with E-state index in [-0.39, 0.29) is 5.78 Å². The van der Waals surface area contributed by atoms with Crippen LogP contribution >= 0.6 is 23.1 Å². The van der Waals surface area contributed by atoms with E-state index in [1.807, 2.05) is 6.92 Å². The monoisotopic (exact) mass is 339 g/mol. The smallest absolute Gasteiger partial charge is 0.206 e. The second-order valence-corrected chi connectivity index (χ2v) is 6.39. The van der Waals surface area contributed by atoms with E-state index in [1.54, 1.807) is 32.4 Å². The summed E-state index contributed by atoms with van der Waals surface area (Å²) in [7, 11) is 3.11. The quantitative estimate of drug-likeness (QED) is 0.585. The highest BCUT2D eigenvalue weighted by Crippen LogP contribution is 2.29. The Morgan fingerprint density at radius 2 is 2.05 bits per heavy atom. The Hall–Kier alpha value is -1.80. The van der Waals surface area contributed by atoms with Gasteiger partial charge in [0.15, 0.2) is 21.6 Å². The van der Waals surface area contributed by atoms with Crippen LogP contribution in [0.2, 0.25) is 0 Å². The second-order valence-electron chi connectivity index (χ2n) is 4.19. The number of methoxy groups -OCH3 is 2. The number of hydrogen-bond acceptors (Lipinski definition) is 8. The molecule has 2 aromatic rings.